The van der Waals surface area contributed by atoms with E-state index in [0.29, 0.717) is 12.1 Å². The highest BCUT2D eigenvalue weighted by Gasteiger charge is 2.32. The van der Waals surface area contributed by atoms with Gasteiger partial charge in [0.05, 0.1) is 0 Å². The van der Waals surface area contributed by atoms with Gasteiger partial charge in [-0.1, -0.05) is 0 Å². The summed E-state index contributed by atoms with van der Waals surface area (Å²) in [5.74, 6) is 1.13. The van der Waals surface area contributed by atoms with Gasteiger partial charge in [0.15, 0.2) is 0 Å². The maximum absolute atomic E-state index is 8.77. The average Bonchev–Trinajstić information content (AvgIpc) is 2.68. The summed E-state index contributed by atoms with van der Waals surface area (Å²) in [6.45, 7) is 1.97. The predicted octanol–water partition coefficient (Wildman–Crippen LogP) is 0.289. The molecule has 2 unspecified atom stereocenters. The molecular formula is C11H13N5. The zero-order chi connectivity index (χ0) is 11.0. The van der Waals surface area contributed by atoms with E-state index in [1.807, 2.05) is 12.1 Å². The fraction of sp³-hybridized carbons (Fsp3) is 0.545. The number of piperazine rings is 1. The lowest BCUT2D eigenvalue weighted by molar-refractivity contribution is 0.463. The van der Waals surface area contributed by atoms with Crippen molar-refractivity contribution in [2.75, 3.05) is 18.0 Å². The highest BCUT2D eigenvalue weighted by molar-refractivity contribution is 5.40. The minimum atomic E-state index is 0.253. The first-order valence-electron chi connectivity index (χ1n) is 5.59. The fourth-order valence-electron chi connectivity index (χ4n) is 2.56. The molecule has 5 nitrogen and oxygen atoms in total. The molecule has 1 aromatic rings. The van der Waals surface area contributed by atoms with Crippen LogP contribution in [0.5, 0.6) is 0 Å². The highest BCUT2D eigenvalue weighted by atomic mass is 15.3. The fourth-order valence-corrected chi connectivity index (χ4v) is 2.56. The number of hydrogen-bond donors (Lipinski definition) is 1. The quantitative estimate of drug-likeness (QED) is 0.729. The zero-order valence-electron chi connectivity index (χ0n) is 8.93. The normalized spacial score (nSPS) is 27.8. The Morgan fingerprint density at radius 2 is 2.12 bits per heavy atom. The third kappa shape index (κ3) is 1.61. The van der Waals surface area contributed by atoms with Crippen LogP contribution < -0.4 is 10.2 Å². The summed E-state index contributed by atoms with van der Waals surface area (Å²) in [6, 6.07) is 5.03. The molecule has 0 amide bonds. The van der Waals surface area contributed by atoms with Gasteiger partial charge in [0.2, 0.25) is 5.82 Å². The van der Waals surface area contributed by atoms with Crippen molar-refractivity contribution in [3.8, 4) is 6.07 Å². The first kappa shape index (κ1) is 9.55. The number of fused-ring (bicyclic) bond motifs is 2. The summed E-state index contributed by atoms with van der Waals surface area (Å²) in [6.07, 6.45) is 4.15. The molecule has 3 heterocycles. The third-order valence-corrected chi connectivity index (χ3v) is 3.28. The summed E-state index contributed by atoms with van der Waals surface area (Å²) in [7, 11) is 0. The van der Waals surface area contributed by atoms with Gasteiger partial charge in [0.25, 0.3) is 0 Å². The highest BCUT2D eigenvalue weighted by Crippen LogP contribution is 2.23. The molecule has 2 saturated heterocycles. The molecule has 1 N–H and O–H groups in total. The van der Waals surface area contributed by atoms with Crippen molar-refractivity contribution >= 4 is 5.82 Å². The second kappa shape index (κ2) is 3.72. The van der Waals surface area contributed by atoms with E-state index in [1.165, 1.54) is 12.8 Å². The molecular weight excluding hydrogens is 202 g/mol. The Hall–Kier alpha value is -1.67. The Balaban J connectivity index is 1.84. The Morgan fingerprint density at radius 3 is 2.81 bits per heavy atom. The van der Waals surface area contributed by atoms with E-state index >= 15 is 0 Å². The number of rotatable bonds is 1. The minimum absolute atomic E-state index is 0.253. The molecule has 82 valence electrons. The second-order valence-electron chi connectivity index (χ2n) is 4.39. The summed E-state index contributed by atoms with van der Waals surface area (Å²) in [5, 5.41) is 12.3. The van der Waals surface area contributed by atoms with E-state index < -0.39 is 0 Å². The van der Waals surface area contributed by atoms with Crippen LogP contribution in [0, 0.1) is 11.3 Å². The van der Waals surface area contributed by atoms with Crippen LogP contribution in [-0.4, -0.2) is 35.1 Å². The lowest BCUT2D eigenvalue weighted by Crippen LogP contribution is -2.51. The van der Waals surface area contributed by atoms with Crippen LogP contribution in [-0.2, 0) is 0 Å². The second-order valence-corrected chi connectivity index (χ2v) is 4.39. The van der Waals surface area contributed by atoms with E-state index in [2.05, 4.69) is 20.2 Å². The van der Waals surface area contributed by atoms with E-state index in [9.17, 15) is 0 Å². The summed E-state index contributed by atoms with van der Waals surface area (Å²) < 4.78 is 0. The number of nitriles is 1. The van der Waals surface area contributed by atoms with Gasteiger partial charge in [0.1, 0.15) is 11.9 Å². The molecule has 5 heteroatoms. The van der Waals surface area contributed by atoms with Gasteiger partial charge in [0, 0.05) is 31.4 Å². The topological polar surface area (TPSA) is 64.8 Å². The van der Waals surface area contributed by atoms with Gasteiger partial charge in [-0.05, 0) is 18.9 Å². The SMILES string of the molecule is N#Cc1nccc(N2CC3CCC(C2)N3)n1. The van der Waals surface area contributed by atoms with Crippen molar-refractivity contribution in [1.29, 1.82) is 5.26 Å². The molecule has 0 spiro atoms. The van der Waals surface area contributed by atoms with Crippen LogP contribution in [0.4, 0.5) is 5.82 Å². The van der Waals surface area contributed by atoms with Crippen molar-refractivity contribution in [1.82, 2.24) is 15.3 Å². The number of aromatic nitrogens is 2. The van der Waals surface area contributed by atoms with Gasteiger partial charge in [-0.15, -0.1) is 0 Å². The van der Waals surface area contributed by atoms with Crippen molar-refractivity contribution in [2.24, 2.45) is 0 Å². The van der Waals surface area contributed by atoms with Gasteiger partial charge < -0.3 is 10.2 Å². The first-order valence-corrected chi connectivity index (χ1v) is 5.59. The van der Waals surface area contributed by atoms with Crippen LogP contribution in [0.1, 0.15) is 18.7 Å². The number of anilines is 1. The standard InChI is InChI=1S/C11H13N5/c12-5-10-13-4-3-11(15-10)16-6-8-1-2-9(7-16)14-8/h3-4,8-9,14H,1-2,6-7H2. The monoisotopic (exact) mass is 215 g/mol. The minimum Gasteiger partial charge on any atom is -0.353 e. The van der Waals surface area contributed by atoms with E-state index in [-0.39, 0.29) is 5.82 Å². The number of nitrogens with one attached hydrogen (secondary N) is 1. The maximum atomic E-state index is 8.77. The predicted molar refractivity (Wildman–Crippen MR) is 58.9 cm³/mol. The largest absolute Gasteiger partial charge is 0.353 e. The van der Waals surface area contributed by atoms with E-state index in [0.717, 1.165) is 18.9 Å². The molecule has 2 aliphatic heterocycles. The molecule has 2 fully saturated rings. The Bertz CT molecular complexity index is 426. The van der Waals surface area contributed by atoms with Gasteiger partial charge in [-0.2, -0.15) is 5.26 Å². The van der Waals surface area contributed by atoms with Crippen molar-refractivity contribution in [2.45, 2.75) is 24.9 Å². The van der Waals surface area contributed by atoms with Crippen LogP contribution in [0.2, 0.25) is 0 Å². The lowest BCUT2D eigenvalue weighted by atomic mass is 10.2. The van der Waals surface area contributed by atoms with Crippen LogP contribution in [0.3, 0.4) is 0 Å². The Kier molecular flexibility index (Phi) is 2.22. The molecule has 0 saturated carbocycles. The maximum Gasteiger partial charge on any atom is 0.234 e. The van der Waals surface area contributed by atoms with Crippen LogP contribution in [0.25, 0.3) is 0 Å². The molecule has 3 rings (SSSR count). The first-order chi connectivity index (χ1) is 7.85. The summed E-state index contributed by atoms with van der Waals surface area (Å²) >= 11 is 0. The number of nitrogens with zero attached hydrogens (tertiary/aromatic N) is 4. The average molecular weight is 215 g/mol. The Labute approximate surface area is 94.1 Å². The van der Waals surface area contributed by atoms with Crippen LogP contribution >= 0.6 is 0 Å². The van der Waals surface area contributed by atoms with Gasteiger partial charge in [-0.25, -0.2) is 9.97 Å². The molecule has 16 heavy (non-hydrogen) atoms. The van der Waals surface area contributed by atoms with Gasteiger partial charge >= 0.3 is 0 Å². The Morgan fingerprint density at radius 1 is 1.38 bits per heavy atom. The zero-order valence-corrected chi connectivity index (χ0v) is 8.93. The smallest absolute Gasteiger partial charge is 0.234 e. The molecule has 0 aromatic carbocycles. The molecule has 2 aliphatic rings. The van der Waals surface area contributed by atoms with Crippen LogP contribution in [0.15, 0.2) is 12.3 Å². The van der Waals surface area contributed by atoms with Crippen molar-refractivity contribution in [3.63, 3.8) is 0 Å². The van der Waals surface area contributed by atoms with Gasteiger partial charge in [-0.3, -0.25) is 0 Å². The summed E-state index contributed by atoms with van der Waals surface area (Å²) in [4.78, 5) is 10.4. The lowest BCUT2D eigenvalue weighted by Gasteiger charge is -2.33. The van der Waals surface area contributed by atoms with Crippen molar-refractivity contribution < 1.29 is 0 Å². The summed E-state index contributed by atoms with van der Waals surface area (Å²) in [5.41, 5.74) is 0. The number of hydrogen-bond acceptors (Lipinski definition) is 5. The molecule has 1 aromatic heterocycles. The third-order valence-electron chi connectivity index (χ3n) is 3.28. The molecule has 2 bridgehead atoms. The molecule has 0 aliphatic carbocycles. The van der Waals surface area contributed by atoms with E-state index in [1.54, 1.807) is 6.20 Å². The molecule has 0 radical (unpaired) electrons. The van der Waals surface area contributed by atoms with Crippen molar-refractivity contribution in [3.05, 3.63) is 18.1 Å². The van der Waals surface area contributed by atoms with E-state index in [4.69, 9.17) is 5.26 Å². The molecule has 2 atom stereocenters.